The molecule has 18 heteroatoms. The number of hydrogen-bond donors (Lipinski definition) is 3. The summed E-state index contributed by atoms with van der Waals surface area (Å²) in [5.74, 6) is 8.11. The maximum atomic E-state index is 14.4. The molecule has 0 aliphatic carbocycles. The molecule has 5 N–H and O–H groups in total. The monoisotopic (exact) mass is 924 g/mol. The van der Waals surface area contributed by atoms with Crippen LogP contribution in [0.2, 0.25) is 0 Å². The molecular formula is C48H70FN7O10. The molecule has 3 fully saturated rings. The Labute approximate surface area is 387 Å². The lowest BCUT2D eigenvalue weighted by Gasteiger charge is -2.46. The normalized spacial score (nSPS) is 33.2. The van der Waals surface area contributed by atoms with Crippen molar-refractivity contribution in [2.45, 2.75) is 147 Å². The highest BCUT2D eigenvalue weighted by Crippen LogP contribution is 2.41. The zero-order chi connectivity index (χ0) is 48.7. The molecule has 17 nitrogen and oxygen atoms in total. The number of ether oxygens (including phenoxy) is 5. The van der Waals surface area contributed by atoms with Gasteiger partial charge in [0.05, 0.1) is 29.5 Å². The number of carbonyl (C=O) groups excluding carboxylic acids is 4. The Morgan fingerprint density at radius 1 is 1.14 bits per heavy atom. The van der Waals surface area contributed by atoms with Crippen molar-refractivity contribution in [3.63, 3.8) is 0 Å². The number of pyridine rings is 1. The lowest BCUT2D eigenvalue weighted by molar-refractivity contribution is -0.290. The van der Waals surface area contributed by atoms with Gasteiger partial charge in [-0.1, -0.05) is 51.1 Å². The van der Waals surface area contributed by atoms with Gasteiger partial charge in [0.2, 0.25) is 0 Å². The third-order valence-electron chi connectivity index (χ3n) is 13.9. The summed E-state index contributed by atoms with van der Waals surface area (Å²) < 4.78 is 44.9. The molecule has 0 radical (unpaired) electrons. The molecule has 1 amide bonds. The van der Waals surface area contributed by atoms with Crippen LogP contribution in [0.15, 0.2) is 65.7 Å². The highest BCUT2D eigenvalue weighted by atomic mass is 19.1. The number of aromatic nitrogens is 1. The summed E-state index contributed by atoms with van der Waals surface area (Å²) in [5.41, 5.74) is 0.560. The van der Waals surface area contributed by atoms with Gasteiger partial charge >= 0.3 is 12.1 Å². The van der Waals surface area contributed by atoms with Crippen molar-refractivity contribution >= 4 is 30.3 Å². The molecule has 1 aromatic heterocycles. The fourth-order valence-electron chi connectivity index (χ4n) is 9.63. The number of likely N-dealkylation sites (N-methyl/N-ethyl adjacent to an activating group) is 1. The van der Waals surface area contributed by atoms with Gasteiger partial charge in [-0.3, -0.25) is 24.4 Å². The third-order valence-corrected chi connectivity index (χ3v) is 13.9. The van der Waals surface area contributed by atoms with E-state index in [-0.39, 0.29) is 25.0 Å². The molecule has 0 unspecified atom stereocenters. The van der Waals surface area contributed by atoms with Gasteiger partial charge in [-0.25, -0.2) is 25.9 Å². The predicted octanol–water partition coefficient (Wildman–Crippen LogP) is 4.94. The van der Waals surface area contributed by atoms with Gasteiger partial charge in [-0.15, -0.1) is 0 Å². The number of rotatable bonds is 15. The molecule has 1 aromatic carbocycles. The summed E-state index contributed by atoms with van der Waals surface area (Å²) in [5, 5.41) is 14.1. The van der Waals surface area contributed by atoms with Crippen LogP contribution in [0.3, 0.4) is 0 Å². The van der Waals surface area contributed by atoms with Crippen LogP contribution in [-0.4, -0.2) is 143 Å². The Morgan fingerprint density at radius 2 is 1.83 bits per heavy atom. The maximum Gasteiger partial charge on any atom is 0.425 e. The number of aliphatic hydroxyl groups excluding tert-OH is 1. The number of carbonyl (C=O) groups is 4. The number of ketones is 2. The molecule has 2 aromatic rings. The first-order valence-electron chi connectivity index (χ1n) is 22.8. The number of benzene rings is 1. The number of nitrogens with zero attached hydrogens (tertiary/aromatic N) is 5. The van der Waals surface area contributed by atoms with Crippen LogP contribution in [0.4, 0.5) is 9.18 Å². The molecule has 13 atom stereocenters. The number of amides is 1. The van der Waals surface area contributed by atoms with E-state index in [0.717, 1.165) is 21.7 Å². The zero-order valence-electron chi connectivity index (χ0n) is 39.8. The molecule has 5 rings (SSSR count). The predicted molar refractivity (Wildman–Crippen MR) is 245 cm³/mol. The average Bonchev–Trinajstić information content (AvgIpc) is 3.54. The van der Waals surface area contributed by atoms with Gasteiger partial charge in [0.1, 0.15) is 42.4 Å². The number of halogens is 1. The molecule has 3 aliphatic heterocycles. The quantitative estimate of drug-likeness (QED) is 0.0538. The van der Waals surface area contributed by atoms with Crippen molar-refractivity contribution in [2.75, 3.05) is 27.4 Å². The van der Waals surface area contributed by atoms with Crippen molar-refractivity contribution in [2.24, 2.45) is 34.4 Å². The van der Waals surface area contributed by atoms with Crippen LogP contribution in [0.1, 0.15) is 86.1 Å². The largest absolute Gasteiger partial charge is 0.458 e. The lowest BCUT2D eigenvalue weighted by atomic mass is 9.75. The van der Waals surface area contributed by atoms with Crippen LogP contribution in [0.5, 0.6) is 0 Å². The minimum absolute atomic E-state index is 0.0503. The average molecular weight is 924 g/mol. The smallest absolute Gasteiger partial charge is 0.425 e. The summed E-state index contributed by atoms with van der Waals surface area (Å²) in [6.45, 7) is 15.1. The summed E-state index contributed by atoms with van der Waals surface area (Å²) in [7, 11) is 3.28. The number of esters is 1. The van der Waals surface area contributed by atoms with Crippen molar-refractivity contribution < 1.29 is 52.4 Å². The number of Topliss-reactive ketones (excluding diaryl/α,β-unsaturated/α-hetero) is 2. The lowest BCUT2D eigenvalue weighted by Crippen LogP contribution is -2.60. The van der Waals surface area contributed by atoms with Crippen LogP contribution in [0.25, 0.3) is 11.1 Å². The minimum Gasteiger partial charge on any atom is -0.458 e. The molecule has 0 spiro atoms. The summed E-state index contributed by atoms with van der Waals surface area (Å²) in [4.78, 5) is 65.2. The first-order valence-corrected chi connectivity index (χ1v) is 22.8. The number of aliphatic hydroxyl groups is 1. The van der Waals surface area contributed by atoms with Gasteiger partial charge < -0.3 is 38.7 Å². The topological polar surface area (TPSA) is 222 Å². The van der Waals surface area contributed by atoms with E-state index in [4.69, 9.17) is 35.4 Å². The molecular weight excluding hydrogens is 854 g/mol. The van der Waals surface area contributed by atoms with E-state index in [2.05, 4.69) is 16.7 Å². The number of cyclic esters (lactones) is 1. The van der Waals surface area contributed by atoms with Crippen molar-refractivity contribution in [1.29, 1.82) is 0 Å². The third kappa shape index (κ3) is 11.7. The SMILES string of the molecule is C=N/C(=C\N(N)[C@H](CF)Cc1ccc(-c2cccnc2)cc1)CCN(C)[C@H]1C[C@@H](C)O[C@@H](O[C@@H]2CC(=O)[C@@H](C)C(=O)O[C@H](CC)[C@@]3(C)OC(=O)N(N)[C@@H]3[C@@H](C)C(=O)[C@H](C)C[C@@]2(C)OC)[C@@H]1O. The fraction of sp³-hybridized carbons (Fsp3) is 0.625. The van der Waals surface area contributed by atoms with Crippen molar-refractivity contribution in [1.82, 2.24) is 19.9 Å². The van der Waals surface area contributed by atoms with Crippen LogP contribution in [-0.2, 0) is 44.5 Å². The van der Waals surface area contributed by atoms with Gasteiger partial charge in [-0.2, -0.15) is 0 Å². The van der Waals surface area contributed by atoms with E-state index in [1.165, 1.54) is 19.0 Å². The molecule has 4 heterocycles. The van der Waals surface area contributed by atoms with Gasteiger partial charge in [0.25, 0.3) is 0 Å². The van der Waals surface area contributed by atoms with Crippen LogP contribution >= 0.6 is 0 Å². The Kier molecular flexibility index (Phi) is 17.7. The second kappa shape index (κ2) is 22.4. The number of alkyl halides is 1. The first kappa shape index (κ1) is 52.3. The van der Waals surface area contributed by atoms with Gasteiger partial charge in [0.15, 0.2) is 11.9 Å². The first-order chi connectivity index (χ1) is 31.2. The Hall–Kier alpha value is -4.69. The summed E-state index contributed by atoms with van der Waals surface area (Å²) in [6.07, 6.45) is 0.188. The maximum absolute atomic E-state index is 14.4. The van der Waals surface area contributed by atoms with E-state index in [9.17, 15) is 28.7 Å². The highest BCUT2D eigenvalue weighted by molar-refractivity contribution is 5.99. The van der Waals surface area contributed by atoms with Crippen molar-refractivity contribution in [3.8, 4) is 11.1 Å². The van der Waals surface area contributed by atoms with Gasteiger partial charge in [-0.05, 0) is 89.9 Å². The van der Waals surface area contributed by atoms with E-state index < -0.39 is 102 Å². The second-order valence-electron chi connectivity index (χ2n) is 18.6. The Morgan fingerprint density at radius 3 is 2.44 bits per heavy atom. The molecule has 3 aliphatic rings. The summed E-state index contributed by atoms with van der Waals surface area (Å²) in [6, 6.07) is 9.49. The van der Waals surface area contributed by atoms with E-state index in [1.807, 2.05) is 55.3 Å². The minimum atomic E-state index is -1.50. The number of methoxy groups -OCH3 is 1. The fourth-order valence-corrected chi connectivity index (χ4v) is 9.63. The number of hydrazine groups is 2. The number of hydrogen-bond acceptors (Lipinski definition) is 16. The molecule has 66 heavy (non-hydrogen) atoms. The van der Waals surface area contributed by atoms with E-state index in [0.29, 0.717) is 31.5 Å². The molecule has 0 bridgehead atoms. The molecule has 3 saturated heterocycles. The Bertz CT molecular complexity index is 2030. The number of aliphatic imine (C=N–C) groups is 1. The highest BCUT2D eigenvalue weighted by Gasteiger charge is 2.60. The summed E-state index contributed by atoms with van der Waals surface area (Å²) >= 11 is 0. The molecule has 0 saturated carbocycles. The van der Waals surface area contributed by atoms with E-state index >= 15 is 0 Å². The van der Waals surface area contributed by atoms with Crippen LogP contribution < -0.4 is 11.7 Å². The van der Waals surface area contributed by atoms with E-state index in [1.54, 1.807) is 53.2 Å². The molecule has 364 valence electrons. The standard InChI is InChI=1S/C48H70FN7O10/c1-11-39-48(7)43(56(51)46(61)66-48)31(5)41(58)28(2)24-47(6,62-10)40(23-38(57)30(4)44(60)64-39)65-45-42(59)37(21-29(3)63-45)54(9)20-18-35(52-8)27-55(50)36(25-49)22-32-14-16-33(17-15-32)34-13-12-19-53-26-34/h12-17,19,26-31,36-37,39-40,42-43,45,59H,8,11,18,20-25,50-51H2,1-7,9-10H3/b35-27-/t28-,29-,30-,31+,36+,37+,39-,40-,42-,43-,45+,47-,48-/m1/s1. The van der Waals surface area contributed by atoms with Crippen molar-refractivity contribution in [3.05, 3.63) is 66.3 Å². The number of fused-ring (bicyclic) bond motifs is 1. The number of nitrogens with two attached hydrogens (primary N) is 2. The van der Waals surface area contributed by atoms with Gasteiger partial charge in [0, 0.05) is 63.0 Å². The Balaban J connectivity index is 1.31. The van der Waals surface area contributed by atoms with Crippen LogP contribution in [0, 0.1) is 17.8 Å². The zero-order valence-corrected chi connectivity index (χ0v) is 39.8. The second-order valence-corrected chi connectivity index (χ2v) is 18.6.